The van der Waals surface area contributed by atoms with Crippen molar-refractivity contribution in [3.63, 3.8) is 0 Å². The molecule has 2 aromatic rings. The number of benzene rings is 2. The lowest BCUT2D eigenvalue weighted by Gasteiger charge is -2.39. The number of hydrogen-bond donors (Lipinski definition) is 8. The molecule has 0 aliphatic carbocycles. The van der Waals surface area contributed by atoms with Crippen molar-refractivity contribution < 1.29 is 88.2 Å². The first-order chi connectivity index (χ1) is 25.0. The normalized spacial score (nSPS) is 37.3. The van der Waals surface area contributed by atoms with Crippen LogP contribution in [0.3, 0.4) is 0 Å². The first-order valence-electron chi connectivity index (χ1n) is 16.7. The molecule has 18 nitrogen and oxygen atoms in total. The van der Waals surface area contributed by atoms with Gasteiger partial charge in [-0.05, 0) is 35.4 Å². The Bertz CT molecular complexity index is 1360. The highest BCUT2D eigenvalue weighted by atomic mass is 16.7. The average Bonchev–Trinajstić information content (AvgIpc) is 3.78. The predicted molar refractivity (Wildman–Crippen MR) is 172 cm³/mol. The minimum atomic E-state index is -1.65. The lowest BCUT2D eigenvalue weighted by Crippen LogP contribution is -2.60. The summed E-state index contributed by atoms with van der Waals surface area (Å²) < 4.78 is 58.0. The van der Waals surface area contributed by atoms with Crippen molar-refractivity contribution in [1.29, 1.82) is 0 Å². The fourth-order valence-electron chi connectivity index (χ4n) is 7.16. The van der Waals surface area contributed by atoms with Crippen LogP contribution in [0.1, 0.15) is 23.3 Å². The van der Waals surface area contributed by atoms with Crippen molar-refractivity contribution in [1.82, 2.24) is 0 Å². The number of aliphatic hydroxyl groups is 8. The predicted octanol–water partition coefficient (Wildman–Crippen LogP) is -1.85. The zero-order valence-electron chi connectivity index (χ0n) is 28.9. The van der Waals surface area contributed by atoms with Gasteiger partial charge >= 0.3 is 0 Å². The van der Waals surface area contributed by atoms with Gasteiger partial charge in [0.05, 0.1) is 67.1 Å². The highest BCUT2D eigenvalue weighted by Gasteiger charge is 2.50. The second-order valence-electron chi connectivity index (χ2n) is 13.0. The second-order valence-corrected chi connectivity index (χ2v) is 13.0. The van der Waals surface area contributed by atoms with Crippen molar-refractivity contribution in [2.24, 2.45) is 11.8 Å². The molecule has 8 N–H and O–H groups in total. The molecule has 52 heavy (non-hydrogen) atoms. The monoisotopic (exact) mass is 742 g/mol. The molecule has 2 aromatic carbocycles. The van der Waals surface area contributed by atoms with E-state index in [4.69, 9.17) is 47.4 Å². The maximum Gasteiger partial charge on any atom is 0.229 e. The molecule has 0 saturated carbocycles. The first kappa shape index (κ1) is 38.5. The summed E-state index contributed by atoms with van der Waals surface area (Å²) in [7, 11) is 5.66. The van der Waals surface area contributed by atoms with Crippen molar-refractivity contribution in [3.05, 3.63) is 35.4 Å². The molecule has 4 fully saturated rings. The highest BCUT2D eigenvalue weighted by Crippen LogP contribution is 2.54. The summed E-state index contributed by atoms with van der Waals surface area (Å²) >= 11 is 0. The maximum atomic E-state index is 10.5. The van der Waals surface area contributed by atoms with Gasteiger partial charge in [0.15, 0.2) is 23.0 Å². The van der Waals surface area contributed by atoms with Gasteiger partial charge in [-0.25, -0.2) is 0 Å². The third-order valence-electron chi connectivity index (χ3n) is 10.1. The molecule has 0 bridgehead atoms. The standard InChI is InChI=1S/C34H46O18/c1-43-17-5-13(6-18(44-2)31(17)51-33-27(41)25(39)23(37)21(9-35)49-33)29-15-11-48-30(16(15)12-47-29)14-7-19(45-3)32(20(8-14)46-4)52-34-28(42)26(40)24(38)22(10-36)50-34/h5-8,15-16,21-30,33-42H,9-12H2,1-4H3/t15-,16+,21-,22-,23-,24-,25+,26+,27-,28-,29-,30+,33+,34+/m1/s1. The minimum Gasteiger partial charge on any atom is -0.493 e. The first-order valence-corrected chi connectivity index (χ1v) is 16.7. The molecule has 0 radical (unpaired) electrons. The van der Waals surface area contributed by atoms with Gasteiger partial charge in [0.1, 0.15) is 48.8 Å². The van der Waals surface area contributed by atoms with Crippen LogP contribution < -0.4 is 28.4 Å². The summed E-state index contributed by atoms with van der Waals surface area (Å²) in [6.45, 7) is -0.604. The van der Waals surface area contributed by atoms with Crippen LogP contribution in [0.4, 0.5) is 0 Å². The molecule has 0 aromatic heterocycles. The summed E-state index contributed by atoms with van der Waals surface area (Å²) in [5.41, 5.74) is 1.37. The third kappa shape index (κ3) is 6.94. The summed E-state index contributed by atoms with van der Waals surface area (Å²) in [5, 5.41) is 81.0. The van der Waals surface area contributed by atoms with Crippen LogP contribution in [-0.2, 0) is 18.9 Å². The maximum absolute atomic E-state index is 10.5. The molecule has 6 rings (SSSR count). The van der Waals surface area contributed by atoms with Crippen LogP contribution in [0.15, 0.2) is 24.3 Å². The fourth-order valence-corrected chi connectivity index (χ4v) is 7.16. The van der Waals surface area contributed by atoms with E-state index < -0.39 is 86.8 Å². The van der Waals surface area contributed by atoms with E-state index in [0.717, 1.165) is 0 Å². The second kappa shape index (κ2) is 16.0. The van der Waals surface area contributed by atoms with Crippen LogP contribution >= 0.6 is 0 Å². The molecule has 0 spiro atoms. The zero-order valence-corrected chi connectivity index (χ0v) is 28.9. The molecule has 14 atom stereocenters. The van der Waals surface area contributed by atoms with Crippen molar-refractivity contribution in [2.75, 3.05) is 54.9 Å². The van der Waals surface area contributed by atoms with Gasteiger partial charge in [0.2, 0.25) is 24.1 Å². The van der Waals surface area contributed by atoms with Crippen LogP contribution in [0.2, 0.25) is 0 Å². The number of aliphatic hydroxyl groups excluding tert-OH is 8. The molecular formula is C34H46O18. The van der Waals surface area contributed by atoms with Crippen molar-refractivity contribution in [2.45, 2.75) is 73.6 Å². The summed E-state index contributed by atoms with van der Waals surface area (Å²) in [5.74, 6) is 0.683. The van der Waals surface area contributed by atoms with E-state index in [9.17, 15) is 40.9 Å². The molecule has 0 unspecified atom stereocenters. The lowest BCUT2D eigenvalue weighted by molar-refractivity contribution is -0.277. The van der Waals surface area contributed by atoms with Crippen LogP contribution in [0.25, 0.3) is 0 Å². The molecule has 0 amide bonds. The molecule has 4 aliphatic heterocycles. The van der Waals surface area contributed by atoms with Gasteiger partial charge in [-0.2, -0.15) is 0 Å². The quantitative estimate of drug-likeness (QED) is 0.119. The van der Waals surface area contributed by atoms with E-state index in [1.54, 1.807) is 24.3 Å². The van der Waals surface area contributed by atoms with Crippen LogP contribution in [0.5, 0.6) is 34.5 Å². The third-order valence-corrected chi connectivity index (χ3v) is 10.1. The molecule has 18 heteroatoms. The van der Waals surface area contributed by atoms with Gasteiger partial charge in [-0.1, -0.05) is 0 Å². The van der Waals surface area contributed by atoms with Gasteiger partial charge in [-0.3, -0.25) is 0 Å². The minimum absolute atomic E-state index is 0.0541. The summed E-state index contributed by atoms with van der Waals surface area (Å²) in [4.78, 5) is 0. The molecule has 4 heterocycles. The van der Waals surface area contributed by atoms with Crippen molar-refractivity contribution in [3.8, 4) is 34.5 Å². The molecule has 4 saturated heterocycles. The Balaban J connectivity index is 1.22. The number of ether oxygens (including phenoxy) is 10. The van der Waals surface area contributed by atoms with E-state index in [2.05, 4.69) is 0 Å². The highest BCUT2D eigenvalue weighted by molar-refractivity contribution is 5.56. The summed E-state index contributed by atoms with van der Waals surface area (Å²) in [6.07, 6.45) is -15.9. The SMILES string of the molecule is COc1cc([C@H]2OC[C@H]3[C@H]2CO[C@H]3c2cc(OC)c(O[C@@H]3O[C@H](CO)[C@@H](O)[C@H](O)[C@H]3O)c(OC)c2)cc(OC)c1O[C@@H]1O[C@H](CO)[C@@H](O)[C@H](O)[C@H]1O. The Labute approximate surface area is 298 Å². The average molecular weight is 743 g/mol. The van der Waals surface area contributed by atoms with Gasteiger partial charge in [0.25, 0.3) is 0 Å². The number of fused-ring (bicyclic) bond motifs is 1. The van der Waals surface area contributed by atoms with Crippen LogP contribution in [0, 0.1) is 11.8 Å². The Morgan fingerprint density at radius 1 is 0.519 bits per heavy atom. The van der Waals surface area contributed by atoms with Crippen molar-refractivity contribution >= 4 is 0 Å². The number of methoxy groups -OCH3 is 4. The Hall–Kier alpha value is -3.24. The van der Waals surface area contributed by atoms with Gasteiger partial charge < -0.3 is 88.2 Å². The molecule has 4 aliphatic rings. The van der Waals surface area contributed by atoms with E-state index in [0.29, 0.717) is 24.3 Å². The van der Waals surface area contributed by atoms with E-state index >= 15 is 0 Å². The smallest absolute Gasteiger partial charge is 0.229 e. The summed E-state index contributed by atoms with van der Waals surface area (Å²) in [6, 6.07) is 6.78. The fraction of sp³-hybridized carbons (Fsp3) is 0.647. The lowest BCUT2D eigenvalue weighted by atomic mass is 9.84. The van der Waals surface area contributed by atoms with Crippen LogP contribution in [-0.4, -0.2) is 157 Å². The topological polar surface area (TPSA) is 254 Å². The zero-order chi connectivity index (χ0) is 37.4. The number of rotatable bonds is 12. The van der Waals surface area contributed by atoms with Gasteiger partial charge in [-0.15, -0.1) is 0 Å². The van der Waals surface area contributed by atoms with E-state index in [1.807, 2.05) is 0 Å². The van der Waals surface area contributed by atoms with E-state index in [-0.39, 0.29) is 46.3 Å². The van der Waals surface area contributed by atoms with Gasteiger partial charge in [0, 0.05) is 11.8 Å². The van der Waals surface area contributed by atoms with E-state index in [1.165, 1.54) is 28.4 Å². The largest absolute Gasteiger partial charge is 0.493 e. The Kier molecular flexibility index (Phi) is 11.8. The Morgan fingerprint density at radius 2 is 0.846 bits per heavy atom. The Morgan fingerprint density at radius 3 is 1.13 bits per heavy atom. The molecule has 290 valence electrons. The number of hydrogen-bond acceptors (Lipinski definition) is 18. The molecular weight excluding hydrogens is 696 g/mol.